The van der Waals surface area contributed by atoms with Gasteiger partial charge in [-0.25, -0.2) is 0 Å². The van der Waals surface area contributed by atoms with Crippen LogP contribution in [0.25, 0.3) is 0 Å². The molecule has 1 heterocycles. The van der Waals surface area contributed by atoms with Gasteiger partial charge in [0.05, 0.1) is 12.6 Å². The third-order valence-electron chi connectivity index (χ3n) is 6.63. The van der Waals surface area contributed by atoms with E-state index in [1.165, 1.54) is 103 Å². The maximum Gasteiger partial charge on any atom is 0.220 e. The maximum atomic E-state index is 12.2. The molecule has 5 heteroatoms. The monoisotopic (exact) mass is 437 g/mol. The molecule has 0 bridgehead atoms. The van der Waals surface area contributed by atoms with E-state index in [0.29, 0.717) is 13.0 Å². The second-order valence-electron chi connectivity index (χ2n) is 9.76. The molecule has 4 nitrogen and oxygen atoms in total. The Labute approximate surface area is 194 Å². The molecule has 0 aromatic rings. The van der Waals surface area contributed by atoms with Crippen LogP contribution >= 0.6 is 0 Å². The van der Waals surface area contributed by atoms with Crippen LogP contribution in [0.3, 0.4) is 0 Å². The fourth-order valence-electron chi connectivity index (χ4n) is 4.72. The smallest absolute Gasteiger partial charge is 0.220 e. The van der Waals surface area contributed by atoms with Crippen molar-refractivity contribution in [3.63, 3.8) is 0 Å². The molecule has 1 aliphatic rings. The number of ether oxygens (including phenoxy) is 2. The van der Waals surface area contributed by atoms with Crippen LogP contribution < -0.4 is 5.32 Å². The summed E-state index contributed by atoms with van der Waals surface area (Å²) >= 11 is 0. The Hall–Kier alpha value is -0.545. The number of hydrogen-bond donors (Lipinski definition) is 1. The van der Waals surface area contributed by atoms with Crippen molar-refractivity contribution in [3.05, 3.63) is 0 Å². The number of methoxy groups -OCH3 is 1. The van der Waals surface area contributed by atoms with Crippen LogP contribution in [0.4, 0.5) is 0 Å². The SMILES string of the molecule is B[C@H]1CC(NC(=O)CCCCCCCCCCCCCCCCCCC)[C@@H](COC)O1. The molecule has 0 saturated carbocycles. The largest absolute Gasteiger partial charge is 0.382 e. The van der Waals surface area contributed by atoms with Crippen LogP contribution in [-0.4, -0.2) is 45.6 Å². The van der Waals surface area contributed by atoms with E-state index in [9.17, 15) is 4.79 Å². The van der Waals surface area contributed by atoms with E-state index in [-0.39, 0.29) is 24.1 Å². The van der Waals surface area contributed by atoms with Gasteiger partial charge < -0.3 is 14.8 Å². The van der Waals surface area contributed by atoms with Crippen LogP contribution in [0.1, 0.15) is 129 Å². The van der Waals surface area contributed by atoms with Gasteiger partial charge in [0.25, 0.3) is 0 Å². The van der Waals surface area contributed by atoms with E-state index in [1.807, 2.05) is 0 Å². The summed E-state index contributed by atoms with van der Waals surface area (Å²) in [6, 6.07) is 0.305. The van der Waals surface area contributed by atoms with E-state index in [0.717, 1.165) is 12.8 Å². The van der Waals surface area contributed by atoms with Gasteiger partial charge in [0.15, 0.2) is 0 Å². The molecule has 1 amide bonds. The fraction of sp³-hybridized carbons (Fsp3) is 0.962. The summed E-state index contributed by atoms with van der Waals surface area (Å²) in [7, 11) is 3.74. The number of hydrogen-bond acceptors (Lipinski definition) is 3. The molecule has 1 aliphatic heterocycles. The maximum absolute atomic E-state index is 12.2. The highest BCUT2D eigenvalue weighted by Gasteiger charge is 2.33. The summed E-state index contributed by atoms with van der Waals surface area (Å²) in [5, 5.41) is 3.15. The number of amides is 1. The van der Waals surface area contributed by atoms with Crippen molar-refractivity contribution < 1.29 is 14.3 Å². The van der Waals surface area contributed by atoms with Crippen molar-refractivity contribution in [2.75, 3.05) is 13.7 Å². The van der Waals surface area contributed by atoms with Crippen LogP contribution in [0.5, 0.6) is 0 Å². The van der Waals surface area contributed by atoms with E-state index in [2.05, 4.69) is 20.1 Å². The first kappa shape index (κ1) is 28.5. The lowest BCUT2D eigenvalue weighted by Gasteiger charge is -2.19. The van der Waals surface area contributed by atoms with Crippen LogP contribution in [0, 0.1) is 0 Å². The molecular weight excluding hydrogens is 385 g/mol. The number of rotatable bonds is 21. The van der Waals surface area contributed by atoms with Gasteiger partial charge in [-0.15, -0.1) is 0 Å². The highest BCUT2D eigenvalue weighted by Crippen LogP contribution is 2.19. The minimum absolute atomic E-state index is 0.000463. The number of carbonyl (C=O) groups excluding carboxylic acids is 1. The first-order valence-electron chi connectivity index (χ1n) is 13.6. The molecule has 0 aromatic heterocycles. The highest BCUT2D eigenvalue weighted by atomic mass is 16.5. The van der Waals surface area contributed by atoms with Gasteiger partial charge >= 0.3 is 0 Å². The Bertz CT molecular complexity index is 421. The molecule has 3 atom stereocenters. The zero-order chi connectivity index (χ0) is 22.6. The predicted octanol–water partition coefficient (Wildman–Crippen LogP) is 5.91. The van der Waals surface area contributed by atoms with Gasteiger partial charge in [-0.05, 0) is 12.8 Å². The number of nitrogens with one attached hydrogen (secondary N) is 1. The van der Waals surface area contributed by atoms with Crippen molar-refractivity contribution in [1.29, 1.82) is 0 Å². The quantitative estimate of drug-likeness (QED) is 0.179. The molecule has 1 saturated heterocycles. The summed E-state index contributed by atoms with van der Waals surface area (Å²) in [6.07, 6.45) is 24.7. The molecule has 0 spiro atoms. The molecule has 31 heavy (non-hydrogen) atoms. The lowest BCUT2D eigenvalue weighted by atomic mass is 9.95. The molecular formula is C26H52BNO3. The second kappa shape index (κ2) is 20.1. The van der Waals surface area contributed by atoms with Gasteiger partial charge in [0.2, 0.25) is 5.91 Å². The van der Waals surface area contributed by atoms with Gasteiger partial charge in [-0.3, -0.25) is 4.79 Å². The van der Waals surface area contributed by atoms with E-state index >= 15 is 0 Å². The Kier molecular flexibility index (Phi) is 18.5. The zero-order valence-corrected chi connectivity index (χ0v) is 21.1. The Morgan fingerprint density at radius 1 is 0.839 bits per heavy atom. The first-order chi connectivity index (χ1) is 15.2. The first-order valence-corrected chi connectivity index (χ1v) is 13.6. The van der Waals surface area contributed by atoms with Crippen molar-refractivity contribution in [3.8, 4) is 0 Å². The second-order valence-corrected chi connectivity index (χ2v) is 9.76. The average Bonchev–Trinajstić information content (AvgIpc) is 3.09. The molecule has 1 rings (SSSR count). The third kappa shape index (κ3) is 15.8. The molecule has 0 radical (unpaired) electrons. The van der Waals surface area contributed by atoms with Crippen LogP contribution in [-0.2, 0) is 14.3 Å². The minimum Gasteiger partial charge on any atom is -0.382 e. The van der Waals surface area contributed by atoms with Crippen molar-refractivity contribution in [2.45, 2.75) is 147 Å². The lowest BCUT2D eigenvalue weighted by Crippen LogP contribution is -2.42. The summed E-state index contributed by atoms with van der Waals surface area (Å²) in [5.74, 6) is 0.171. The number of carbonyl (C=O) groups is 1. The molecule has 0 aliphatic carbocycles. The van der Waals surface area contributed by atoms with Crippen molar-refractivity contribution in [1.82, 2.24) is 5.32 Å². The molecule has 1 N–H and O–H groups in total. The summed E-state index contributed by atoms with van der Waals surface area (Å²) < 4.78 is 11.0. The van der Waals surface area contributed by atoms with Crippen LogP contribution in [0.2, 0.25) is 0 Å². The fourth-order valence-corrected chi connectivity index (χ4v) is 4.72. The van der Waals surface area contributed by atoms with E-state index in [4.69, 9.17) is 9.47 Å². The van der Waals surface area contributed by atoms with Crippen LogP contribution in [0.15, 0.2) is 0 Å². The number of unbranched alkanes of at least 4 members (excludes halogenated alkanes) is 16. The Balaban J connectivity index is 1.82. The predicted molar refractivity (Wildman–Crippen MR) is 134 cm³/mol. The average molecular weight is 438 g/mol. The van der Waals surface area contributed by atoms with Gasteiger partial charge in [0, 0.05) is 19.5 Å². The minimum atomic E-state index is -0.000463. The standard InChI is InChI=1S/C26H52BNO3/c1-3-4-5-6-7-8-9-10-11-12-13-14-15-16-17-18-19-20-26(29)28-23-21-25(27)31-24(23)22-30-2/h23-25H,3-22,27H2,1-2H3,(H,28,29)/t23?,24-,25-/m1/s1. The molecule has 182 valence electrons. The molecule has 0 aromatic carbocycles. The summed E-state index contributed by atoms with van der Waals surface area (Å²) in [6.45, 7) is 2.84. The topological polar surface area (TPSA) is 47.6 Å². The van der Waals surface area contributed by atoms with Gasteiger partial charge in [0.1, 0.15) is 14.0 Å². The van der Waals surface area contributed by atoms with E-state index < -0.39 is 0 Å². The molecule has 1 unspecified atom stereocenters. The Morgan fingerprint density at radius 2 is 1.29 bits per heavy atom. The third-order valence-corrected chi connectivity index (χ3v) is 6.63. The van der Waals surface area contributed by atoms with E-state index in [1.54, 1.807) is 7.11 Å². The summed E-state index contributed by atoms with van der Waals surface area (Å²) in [4.78, 5) is 12.2. The lowest BCUT2D eigenvalue weighted by molar-refractivity contribution is -0.122. The van der Waals surface area contributed by atoms with Crippen molar-refractivity contribution in [2.24, 2.45) is 0 Å². The van der Waals surface area contributed by atoms with Crippen molar-refractivity contribution >= 4 is 13.8 Å². The Morgan fingerprint density at radius 3 is 1.74 bits per heavy atom. The van der Waals surface area contributed by atoms with Gasteiger partial charge in [-0.1, -0.05) is 110 Å². The normalized spacial score (nSPS) is 20.9. The summed E-state index contributed by atoms with van der Waals surface area (Å²) in [5.41, 5.74) is 0. The molecule has 1 fully saturated rings. The van der Waals surface area contributed by atoms with Gasteiger partial charge in [-0.2, -0.15) is 0 Å². The highest BCUT2D eigenvalue weighted by molar-refractivity contribution is 6.11. The zero-order valence-electron chi connectivity index (χ0n) is 21.1.